The SMILES string of the molecule is O=C(c1ccc(-c2ccc3c(c2)NCN3CCO)cc1)N1CCN(C(=O)C2(O)CC2)CC1. The highest BCUT2D eigenvalue weighted by atomic mass is 16.3. The lowest BCUT2D eigenvalue weighted by molar-refractivity contribution is -0.143. The van der Waals surface area contributed by atoms with Gasteiger partial charge in [-0.05, 0) is 48.2 Å². The summed E-state index contributed by atoms with van der Waals surface area (Å²) in [6.07, 6.45) is 1.08. The number of piperazine rings is 1. The monoisotopic (exact) mass is 436 g/mol. The number of hydrogen-bond acceptors (Lipinski definition) is 6. The molecule has 1 aliphatic carbocycles. The number of nitrogens with one attached hydrogen (secondary N) is 1. The van der Waals surface area contributed by atoms with Gasteiger partial charge >= 0.3 is 0 Å². The molecule has 0 bridgehead atoms. The first-order chi connectivity index (χ1) is 15.5. The zero-order valence-electron chi connectivity index (χ0n) is 18.0. The molecule has 0 aromatic heterocycles. The van der Waals surface area contributed by atoms with Gasteiger partial charge in [-0.1, -0.05) is 18.2 Å². The van der Waals surface area contributed by atoms with Crippen LogP contribution in [0, 0.1) is 0 Å². The summed E-state index contributed by atoms with van der Waals surface area (Å²) in [4.78, 5) is 30.7. The molecule has 1 saturated carbocycles. The Hall–Kier alpha value is -3.10. The van der Waals surface area contributed by atoms with Crippen molar-refractivity contribution >= 4 is 23.2 Å². The molecule has 0 unspecified atom stereocenters. The second-order valence-electron chi connectivity index (χ2n) is 8.75. The first-order valence-corrected chi connectivity index (χ1v) is 11.1. The van der Waals surface area contributed by atoms with Gasteiger partial charge in [0.1, 0.15) is 5.60 Å². The molecule has 0 radical (unpaired) electrons. The van der Waals surface area contributed by atoms with Crippen LogP contribution in [0.15, 0.2) is 42.5 Å². The van der Waals surface area contributed by atoms with Crippen LogP contribution >= 0.6 is 0 Å². The number of β-amino-alcohol motifs (C(OH)–C–C–N with tert-alkyl or cyclic N) is 1. The van der Waals surface area contributed by atoms with Crippen molar-refractivity contribution in [3.05, 3.63) is 48.0 Å². The predicted octanol–water partition coefficient (Wildman–Crippen LogP) is 1.34. The fourth-order valence-corrected chi connectivity index (χ4v) is 4.45. The fraction of sp³-hybridized carbons (Fsp3) is 0.417. The lowest BCUT2D eigenvalue weighted by Gasteiger charge is -2.35. The first-order valence-electron chi connectivity index (χ1n) is 11.1. The summed E-state index contributed by atoms with van der Waals surface area (Å²) in [5.74, 6) is -0.235. The van der Waals surface area contributed by atoms with Gasteiger partial charge in [0.25, 0.3) is 11.8 Å². The molecule has 32 heavy (non-hydrogen) atoms. The van der Waals surface area contributed by atoms with E-state index in [-0.39, 0.29) is 18.4 Å². The van der Waals surface area contributed by atoms with Gasteiger partial charge in [0.05, 0.1) is 24.7 Å². The van der Waals surface area contributed by atoms with Crippen LogP contribution in [-0.4, -0.2) is 83.4 Å². The molecule has 8 heteroatoms. The van der Waals surface area contributed by atoms with Gasteiger partial charge in [-0.3, -0.25) is 9.59 Å². The van der Waals surface area contributed by atoms with E-state index in [1.807, 2.05) is 24.3 Å². The molecule has 168 valence electrons. The van der Waals surface area contributed by atoms with E-state index < -0.39 is 5.60 Å². The molecule has 2 amide bonds. The third kappa shape index (κ3) is 3.80. The number of aliphatic hydroxyl groups is 2. The van der Waals surface area contributed by atoms with Crippen LogP contribution in [0.5, 0.6) is 0 Å². The molecule has 2 aromatic rings. The Balaban J connectivity index is 1.22. The molecule has 1 saturated heterocycles. The third-order valence-electron chi connectivity index (χ3n) is 6.61. The highest BCUT2D eigenvalue weighted by molar-refractivity contribution is 5.95. The molecular formula is C24H28N4O4. The van der Waals surface area contributed by atoms with Gasteiger partial charge in [-0.15, -0.1) is 0 Å². The summed E-state index contributed by atoms with van der Waals surface area (Å²) < 4.78 is 0. The van der Waals surface area contributed by atoms with Crippen molar-refractivity contribution in [1.29, 1.82) is 0 Å². The molecule has 3 N–H and O–H groups in total. The standard InChI is InChI=1S/C24H28N4O4/c29-14-13-28-16-25-20-15-19(5-6-21(20)28)17-1-3-18(4-2-17)22(30)26-9-11-27(12-10-26)23(31)24(32)7-8-24/h1-6,15,25,29,32H,7-14,16H2. The van der Waals surface area contributed by atoms with E-state index in [9.17, 15) is 19.8 Å². The number of rotatable bonds is 5. The number of anilines is 2. The number of hydrogen-bond donors (Lipinski definition) is 3. The molecule has 2 aromatic carbocycles. The lowest BCUT2D eigenvalue weighted by Crippen LogP contribution is -2.53. The highest BCUT2D eigenvalue weighted by Crippen LogP contribution is 2.37. The minimum Gasteiger partial charge on any atom is -0.395 e. The van der Waals surface area contributed by atoms with Crippen LogP contribution in [0.2, 0.25) is 0 Å². The summed E-state index contributed by atoms with van der Waals surface area (Å²) >= 11 is 0. The molecule has 5 rings (SSSR count). The average molecular weight is 437 g/mol. The zero-order valence-corrected chi connectivity index (χ0v) is 18.0. The molecule has 3 aliphatic rings. The van der Waals surface area contributed by atoms with Crippen molar-refractivity contribution < 1.29 is 19.8 Å². The molecular weight excluding hydrogens is 408 g/mol. The lowest BCUT2D eigenvalue weighted by atomic mass is 10.0. The predicted molar refractivity (Wildman–Crippen MR) is 121 cm³/mol. The summed E-state index contributed by atoms with van der Waals surface area (Å²) in [5, 5.41) is 22.6. The van der Waals surface area contributed by atoms with Crippen molar-refractivity contribution in [2.24, 2.45) is 0 Å². The van der Waals surface area contributed by atoms with E-state index in [1.165, 1.54) is 0 Å². The van der Waals surface area contributed by atoms with Crippen molar-refractivity contribution in [3.8, 4) is 11.1 Å². The first kappa shape index (κ1) is 20.8. The van der Waals surface area contributed by atoms with E-state index in [1.54, 1.807) is 9.80 Å². The highest BCUT2D eigenvalue weighted by Gasteiger charge is 2.50. The minimum atomic E-state index is -1.15. The average Bonchev–Trinajstić information content (AvgIpc) is 3.47. The Morgan fingerprint density at radius 3 is 2.25 bits per heavy atom. The topological polar surface area (TPSA) is 96.4 Å². The third-order valence-corrected chi connectivity index (χ3v) is 6.61. The van der Waals surface area contributed by atoms with E-state index in [4.69, 9.17) is 0 Å². The molecule has 2 aliphatic heterocycles. The van der Waals surface area contributed by atoms with E-state index >= 15 is 0 Å². The van der Waals surface area contributed by atoms with Gasteiger partial charge < -0.3 is 30.2 Å². The van der Waals surface area contributed by atoms with Gasteiger partial charge in [-0.2, -0.15) is 0 Å². The molecule has 2 heterocycles. The van der Waals surface area contributed by atoms with Gasteiger partial charge in [0, 0.05) is 38.3 Å². The van der Waals surface area contributed by atoms with Crippen LogP contribution in [0.3, 0.4) is 0 Å². The van der Waals surface area contributed by atoms with E-state index in [0.717, 1.165) is 22.5 Å². The quantitative estimate of drug-likeness (QED) is 0.655. The summed E-state index contributed by atoms with van der Waals surface area (Å²) in [7, 11) is 0. The number of fused-ring (bicyclic) bond motifs is 1. The maximum absolute atomic E-state index is 12.9. The molecule has 8 nitrogen and oxygen atoms in total. The fourth-order valence-electron chi connectivity index (χ4n) is 4.45. The number of aliphatic hydroxyl groups excluding tert-OH is 1. The number of nitrogens with zero attached hydrogens (tertiary/aromatic N) is 3. The van der Waals surface area contributed by atoms with Crippen molar-refractivity contribution in [2.75, 3.05) is 56.2 Å². The summed E-state index contributed by atoms with van der Waals surface area (Å²) in [6.45, 7) is 3.27. The van der Waals surface area contributed by atoms with Crippen LogP contribution in [0.25, 0.3) is 11.1 Å². The Morgan fingerprint density at radius 2 is 1.59 bits per heavy atom. The maximum Gasteiger partial charge on any atom is 0.254 e. The Morgan fingerprint density at radius 1 is 0.938 bits per heavy atom. The van der Waals surface area contributed by atoms with E-state index in [0.29, 0.717) is 57.8 Å². The Labute approximate surface area is 187 Å². The smallest absolute Gasteiger partial charge is 0.254 e. The van der Waals surface area contributed by atoms with Gasteiger partial charge in [0.15, 0.2) is 0 Å². The van der Waals surface area contributed by atoms with Crippen LogP contribution < -0.4 is 10.2 Å². The molecule has 2 fully saturated rings. The van der Waals surface area contributed by atoms with Crippen molar-refractivity contribution in [2.45, 2.75) is 18.4 Å². The molecule has 0 atom stereocenters. The van der Waals surface area contributed by atoms with Gasteiger partial charge in [-0.25, -0.2) is 0 Å². The number of amides is 2. The summed E-state index contributed by atoms with van der Waals surface area (Å²) in [5.41, 5.74) is 3.70. The van der Waals surface area contributed by atoms with Crippen molar-refractivity contribution in [3.63, 3.8) is 0 Å². The normalized spacial score (nSPS) is 18.9. The molecule has 0 spiro atoms. The van der Waals surface area contributed by atoms with Gasteiger partial charge in [0.2, 0.25) is 0 Å². The van der Waals surface area contributed by atoms with Crippen LogP contribution in [0.1, 0.15) is 23.2 Å². The summed E-state index contributed by atoms with van der Waals surface area (Å²) in [6, 6.07) is 13.8. The second kappa shape index (κ2) is 8.11. The number of benzene rings is 2. The minimum absolute atomic E-state index is 0.0379. The second-order valence-corrected chi connectivity index (χ2v) is 8.75. The largest absolute Gasteiger partial charge is 0.395 e. The number of carbonyl (C=O) groups is 2. The van der Waals surface area contributed by atoms with Crippen molar-refractivity contribution in [1.82, 2.24) is 9.80 Å². The zero-order chi connectivity index (χ0) is 22.3. The van der Waals surface area contributed by atoms with Crippen LogP contribution in [0.4, 0.5) is 11.4 Å². The van der Waals surface area contributed by atoms with Crippen LogP contribution in [-0.2, 0) is 4.79 Å². The number of carbonyl (C=O) groups excluding carboxylic acids is 2. The Kier molecular flexibility index (Phi) is 5.27. The maximum atomic E-state index is 12.9. The van der Waals surface area contributed by atoms with E-state index in [2.05, 4.69) is 28.4 Å². The Bertz CT molecular complexity index is 1030.